The molecule has 2 aliphatic heterocycles. The number of hydrogen-bond acceptors (Lipinski definition) is 5. The zero-order valence-electron chi connectivity index (χ0n) is 23.4. The van der Waals surface area contributed by atoms with Crippen LogP contribution in [0.5, 0.6) is 0 Å². The molecule has 2 rings (SSSR count). The third-order valence-corrected chi connectivity index (χ3v) is 6.24. The maximum atomic E-state index is 5.90. The van der Waals surface area contributed by atoms with Crippen molar-refractivity contribution in [2.24, 2.45) is 11.8 Å². The molecule has 0 aliphatic carbocycles. The number of piperidine rings is 1. The van der Waals surface area contributed by atoms with Crippen LogP contribution in [-0.4, -0.2) is 99.5 Å². The minimum absolute atomic E-state index is 0.527. The third-order valence-electron chi connectivity index (χ3n) is 6.24. The van der Waals surface area contributed by atoms with Crippen molar-refractivity contribution in [1.29, 1.82) is 0 Å². The van der Waals surface area contributed by atoms with E-state index in [1.807, 2.05) is 13.8 Å². The molecule has 0 atom stereocenters. The molecule has 194 valence electrons. The molecule has 2 saturated heterocycles. The van der Waals surface area contributed by atoms with Crippen molar-refractivity contribution < 1.29 is 9.47 Å². The first-order valence-corrected chi connectivity index (χ1v) is 13.6. The van der Waals surface area contributed by atoms with Crippen LogP contribution in [0.2, 0.25) is 0 Å². The molecule has 5 heteroatoms. The summed E-state index contributed by atoms with van der Waals surface area (Å²) in [6.45, 7) is 28.6. The largest absolute Gasteiger partial charge is 0.380 e. The van der Waals surface area contributed by atoms with Gasteiger partial charge >= 0.3 is 0 Å². The molecule has 32 heavy (non-hydrogen) atoms. The van der Waals surface area contributed by atoms with E-state index in [9.17, 15) is 0 Å². The van der Waals surface area contributed by atoms with E-state index >= 15 is 0 Å². The van der Waals surface area contributed by atoms with Gasteiger partial charge in [-0.05, 0) is 58.4 Å². The van der Waals surface area contributed by atoms with E-state index in [0.29, 0.717) is 12.1 Å². The van der Waals surface area contributed by atoms with Gasteiger partial charge < -0.3 is 19.3 Å². The Bertz CT molecular complexity index is 386. The quantitative estimate of drug-likeness (QED) is 0.395. The van der Waals surface area contributed by atoms with Gasteiger partial charge in [-0.2, -0.15) is 0 Å². The van der Waals surface area contributed by atoms with Gasteiger partial charge in [-0.3, -0.25) is 4.90 Å². The molecule has 0 N–H and O–H groups in total. The number of ether oxygens (including phenoxy) is 2. The van der Waals surface area contributed by atoms with Gasteiger partial charge in [-0.1, -0.05) is 41.5 Å². The monoisotopic (exact) mass is 457 g/mol. The molecule has 0 unspecified atom stereocenters. The molecule has 0 aromatic carbocycles. The predicted molar refractivity (Wildman–Crippen MR) is 141 cm³/mol. The average Bonchev–Trinajstić information content (AvgIpc) is 2.76. The van der Waals surface area contributed by atoms with Gasteiger partial charge in [0.1, 0.15) is 0 Å². The highest BCUT2D eigenvalue weighted by molar-refractivity contribution is 4.74. The fraction of sp³-hybridized carbons (Fsp3) is 1.00. The van der Waals surface area contributed by atoms with Crippen molar-refractivity contribution in [3.8, 4) is 0 Å². The van der Waals surface area contributed by atoms with Crippen LogP contribution in [0.15, 0.2) is 0 Å². The zero-order valence-corrected chi connectivity index (χ0v) is 23.4. The normalized spacial score (nSPS) is 19.1. The van der Waals surface area contributed by atoms with Gasteiger partial charge in [-0.25, -0.2) is 0 Å². The molecule has 0 radical (unpaired) electrons. The fourth-order valence-electron chi connectivity index (χ4n) is 3.72. The second kappa shape index (κ2) is 20.2. The van der Waals surface area contributed by atoms with Gasteiger partial charge in [0.05, 0.1) is 12.7 Å². The summed E-state index contributed by atoms with van der Waals surface area (Å²) in [5.41, 5.74) is 0. The molecule has 2 fully saturated rings. The van der Waals surface area contributed by atoms with E-state index in [2.05, 4.69) is 63.3 Å². The highest BCUT2D eigenvalue weighted by Crippen LogP contribution is 2.16. The maximum absolute atomic E-state index is 5.90. The molecule has 2 heterocycles. The minimum atomic E-state index is 0.527. The number of likely N-dealkylation sites (tertiary alicyclic amines) is 1. The molecular weight excluding hydrogens is 398 g/mol. The van der Waals surface area contributed by atoms with Gasteiger partial charge in [0.15, 0.2) is 0 Å². The smallest absolute Gasteiger partial charge is 0.0599 e. The Morgan fingerprint density at radius 2 is 1.25 bits per heavy atom. The van der Waals surface area contributed by atoms with Gasteiger partial charge in [-0.15, -0.1) is 0 Å². The molecule has 0 aromatic rings. The van der Waals surface area contributed by atoms with Crippen LogP contribution in [-0.2, 0) is 9.47 Å². The topological polar surface area (TPSA) is 28.2 Å². The van der Waals surface area contributed by atoms with Gasteiger partial charge in [0.25, 0.3) is 0 Å². The summed E-state index contributed by atoms with van der Waals surface area (Å²) in [4.78, 5) is 7.42. The van der Waals surface area contributed by atoms with E-state index in [4.69, 9.17) is 9.47 Å². The van der Waals surface area contributed by atoms with Crippen molar-refractivity contribution >= 4 is 0 Å². The lowest BCUT2D eigenvalue weighted by Crippen LogP contribution is -2.45. The number of piperazine rings is 1. The summed E-state index contributed by atoms with van der Waals surface area (Å²) in [6, 6.07) is 0.696. The third kappa shape index (κ3) is 17.3. The first-order valence-electron chi connectivity index (χ1n) is 13.6. The molecule has 0 amide bonds. The summed E-state index contributed by atoms with van der Waals surface area (Å²) in [6.07, 6.45) is 5.35. The predicted octanol–water partition coefficient (Wildman–Crippen LogP) is 5.24. The summed E-state index contributed by atoms with van der Waals surface area (Å²) in [7, 11) is 2.19. The van der Waals surface area contributed by atoms with Crippen LogP contribution >= 0.6 is 0 Å². The highest BCUT2D eigenvalue weighted by Gasteiger charge is 2.20. The number of nitrogens with zero attached hydrogens (tertiary/aromatic N) is 3. The van der Waals surface area contributed by atoms with E-state index in [1.165, 1.54) is 65.0 Å². The molecule has 0 bridgehead atoms. The summed E-state index contributed by atoms with van der Waals surface area (Å²) < 4.78 is 11.5. The molecule has 0 spiro atoms. The van der Waals surface area contributed by atoms with Crippen molar-refractivity contribution in [3.63, 3.8) is 0 Å². The molecular formula is C27H59N3O2. The van der Waals surface area contributed by atoms with Crippen LogP contribution in [0.1, 0.15) is 81.1 Å². The Balaban J connectivity index is 0.000000557. The average molecular weight is 458 g/mol. The SMILES string of the molecule is CC.CC(C)CCOC1CCN(C(C)C)CC1.CC(C)CCOCCN1CCN(C)CC1. The van der Waals surface area contributed by atoms with Crippen molar-refractivity contribution in [1.82, 2.24) is 14.7 Å². The number of likely N-dealkylation sites (N-methyl/N-ethyl adjacent to an activating group) is 1. The lowest BCUT2D eigenvalue weighted by atomic mass is 10.1. The summed E-state index contributed by atoms with van der Waals surface area (Å²) in [5.74, 6) is 1.52. The van der Waals surface area contributed by atoms with Crippen molar-refractivity contribution in [3.05, 3.63) is 0 Å². The van der Waals surface area contributed by atoms with Crippen molar-refractivity contribution in [2.45, 2.75) is 93.2 Å². The molecule has 0 aromatic heterocycles. The van der Waals surface area contributed by atoms with Crippen molar-refractivity contribution in [2.75, 3.05) is 72.7 Å². The van der Waals surface area contributed by atoms with Gasteiger partial charge in [0.2, 0.25) is 0 Å². The highest BCUT2D eigenvalue weighted by atomic mass is 16.5. The van der Waals surface area contributed by atoms with Crippen LogP contribution in [0.25, 0.3) is 0 Å². The van der Waals surface area contributed by atoms with E-state index in [1.54, 1.807) is 0 Å². The summed E-state index contributed by atoms with van der Waals surface area (Å²) >= 11 is 0. The van der Waals surface area contributed by atoms with Crippen LogP contribution in [0, 0.1) is 11.8 Å². The van der Waals surface area contributed by atoms with E-state index in [-0.39, 0.29) is 0 Å². The number of rotatable bonds is 11. The fourth-order valence-corrected chi connectivity index (χ4v) is 3.72. The maximum Gasteiger partial charge on any atom is 0.0599 e. The standard InChI is InChI=1S/C13H27NO.C12H26N2O.C2H6/c1-11(2)7-10-15-13-5-8-14(9-6-13)12(3)4;1-12(2)4-10-15-11-9-14-7-5-13(3)6-8-14;1-2/h11-13H,5-10H2,1-4H3;12H,4-11H2,1-3H3;1-2H3. The number of hydrogen-bond donors (Lipinski definition) is 0. The molecule has 2 aliphatic rings. The summed E-state index contributed by atoms with van der Waals surface area (Å²) in [5, 5.41) is 0. The second-order valence-electron chi connectivity index (χ2n) is 10.3. The Labute approximate surface area is 202 Å². The lowest BCUT2D eigenvalue weighted by molar-refractivity contribution is -0.00253. The van der Waals surface area contributed by atoms with E-state index < -0.39 is 0 Å². The van der Waals surface area contributed by atoms with E-state index in [0.717, 1.165) is 38.2 Å². The van der Waals surface area contributed by atoms with Gasteiger partial charge in [0, 0.05) is 65.1 Å². The van der Waals surface area contributed by atoms with Crippen LogP contribution in [0.4, 0.5) is 0 Å². The minimum Gasteiger partial charge on any atom is -0.380 e. The van der Waals surface area contributed by atoms with Crippen LogP contribution in [0.3, 0.4) is 0 Å². The Morgan fingerprint density at radius 1 is 0.719 bits per heavy atom. The second-order valence-corrected chi connectivity index (χ2v) is 10.3. The zero-order chi connectivity index (χ0) is 24.4. The molecule has 5 nitrogen and oxygen atoms in total. The molecule has 0 saturated carbocycles. The Morgan fingerprint density at radius 3 is 1.75 bits per heavy atom. The first-order chi connectivity index (χ1) is 15.3. The Kier molecular flexibility index (Phi) is 20.1. The Hall–Kier alpha value is -0.200. The lowest BCUT2D eigenvalue weighted by Gasteiger charge is -2.34. The first kappa shape index (κ1) is 31.8. The van der Waals surface area contributed by atoms with Crippen LogP contribution < -0.4 is 0 Å².